The van der Waals surface area contributed by atoms with Gasteiger partial charge in [0.25, 0.3) is 0 Å². The van der Waals surface area contributed by atoms with Gasteiger partial charge in [-0.1, -0.05) is 32.9 Å². The summed E-state index contributed by atoms with van der Waals surface area (Å²) in [6, 6.07) is 0.715. The maximum atomic E-state index is 6.43. The fourth-order valence-electron chi connectivity index (χ4n) is 3.31. The molecule has 0 saturated heterocycles. The molecule has 7 nitrogen and oxygen atoms in total. The number of rotatable bonds is 6. The zero-order chi connectivity index (χ0) is 20.1. The smallest absolute Gasteiger partial charge is 0.224 e. The molecule has 2 aromatic rings. The molecule has 0 amide bonds. The molecule has 4 rings (SSSR count). The first-order valence-corrected chi connectivity index (χ1v) is 13.1. The summed E-state index contributed by atoms with van der Waals surface area (Å²) < 4.78 is 8.55. The maximum absolute atomic E-state index is 6.43. The van der Waals surface area contributed by atoms with E-state index in [9.17, 15) is 0 Å². The average Bonchev–Trinajstić information content (AvgIpc) is 3.13. The number of aromatic nitrogens is 4. The number of fused-ring (bicyclic) bond motifs is 1. The lowest BCUT2D eigenvalue weighted by Gasteiger charge is -2.36. The highest BCUT2D eigenvalue weighted by atomic mass is 28.4. The van der Waals surface area contributed by atoms with Crippen LogP contribution < -0.4 is 11.1 Å². The summed E-state index contributed by atoms with van der Waals surface area (Å²) in [6.07, 6.45) is 9.73. The first kappa shape index (κ1) is 19.4. The molecule has 152 valence electrons. The lowest BCUT2D eigenvalue weighted by atomic mass is 10.1. The van der Waals surface area contributed by atoms with Crippen LogP contribution in [0.4, 0.5) is 11.8 Å². The van der Waals surface area contributed by atoms with E-state index in [4.69, 9.17) is 10.2 Å². The monoisotopic (exact) mass is 400 g/mol. The second-order valence-electron chi connectivity index (χ2n) is 9.69. The van der Waals surface area contributed by atoms with Crippen LogP contribution in [-0.4, -0.2) is 40.5 Å². The molecule has 2 atom stereocenters. The third-order valence-corrected chi connectivity index (χ3v) is 10.8. The number of hydrogen-bond donors (Lipinski definition) is 2. The van der Waals surface area contributed by atoms with Gasteiger partial charge in [-0.2, -0.15) is 9.97 Å². The van der Waals surface area contributed by atoms with Gasteiger partial charge in [-0.05, 0) is 37.4 Å². The summed E-state index contributed by atoms with van der Waals surface area (Å²) >= 11 is 0. The molecule has 0 spiro atoms. The molecule has 2 aliphatic carbocycles. The van der Waals surface area contributed by atoms with Gasteiger partial charge in [0.1, 0.15) is 0 Å². The normalized spacial score (nSPS) is 22.9. The SMILES string of the molecule is CC(C)(C)[Si](C)(C)OC[C@@H]1C=C[C@H](n2cnc3c(NC4CC4)nc(N)nc32)C1. The molecule has 0 unspecified atom stereocenters. The van der Waals surface area contributed by atoms with Gasteiger partial charge < -0.3 is 20.0 Å². The Bertz CT molecular complexity index is 896. The number of nitrogens with zero attached hydrogens (tertiary/aromatic N) is 4. The van der Waals surface area contributed by atoms with E-state index in [1.165, 1.54) is 12.8 Å². The molecular weight excluding hydrogens is 368 g/mol. The van der Waals surface area contributed by atoms with Gasteiger partial charge >= 0.3 is 0 Å². The molecule has 0 bridgehead atoms. The average molecular weight is 401 g/mol. The van der Waals surface area contributed by atoms with Gasteiger partial charge in [0.05, 0.1) is 12.4 Å². The first-order valence-electron chi connectivity index (χ1n) is 10.2. The Morgan fingerprint density at radius 3 is 2.68 bits per heavy atom. The van der Waals surface area contributed by atoms with Crippen LogP contribution in [0.2, 0.25) is 18.1 Å². The second kappa shape index (κ2) is 6.84. The Morgan fingerprint density at radius 1 is 1.25 bits per heavy atom. The van der Waals surface area contributed by atoms with E-state index in [0.717, 1.165) is 30.0 Å². The largest absolute Gasteiger partial charge is 0.416 e. The van der Waals surface area contributed by atoms with Gasteiger partial charge in [-0.25, -0.2) is 4.98 Å². The summed E-state index contributed by atoms with van der Waals surface area (Å²) in [6.45, 7) is 12.2. The van der Waals surface area contributed by atoms with Crippen molar-refractivity contribution in [2.45, 2.75) is 70.2 Å². The standard InChI is InChI=1S/C20H32N6OSi/c1-20(2,3)28(4,5)27-11-13-6-9-15(10-13)26-12-22-16-17(23-14-7-8-14)24-19(21)25-18(16)26/h6,9,12-15H,7-8,10-11H2,1-5H3,(H3,21,23,24,25)/t13-,15+/m1/s1. The highest BCUT2D eigenvalue weighted by molar-refractivity contribution is 6.74. The zero-order valence-corrected chi connectivity index (χ0v) is 18.6. The van der Waals surface area contributed by atoms with Gasteiger partial charge in [0.2, 0.25) is 5.95 Å². The molecule has 0 aromatic carbocycles. The van der Waals surface area contributed by atoms with Crippen LogP contribution in [0, 0.1) is 5.92 Å². The van der Waals surface area contributed by atoms with Crippen LogP contribution in [0.25, 0.3) is 11.2 Å². The van der Waals surface area contributed by atoms with Crippen LogP contribution in [0.1, 0.15) is 46.1 Å². The van der Waals surface area contributed by atoms with Crippen molar-refractivity contribution >= 4 is 31.2 Å². The number of nitrogens with one attached hydrogen (secondary N) is 1. The fraction of sp³-hybridized carbons (Fsp3) is 0.650. The molecule has 8 heteroatoms. The van der Waals surface area contributed by atoms with Crippen LogP contribution in [0.5, 0.6) is 0 Å². The second-order valence-corrected chi connectivity index (χ2v) is 14.5. The molecule has 2 aliphatic rings. The first-order chi connectivity index (χ1) is 13.1. The van der Waals surface area contributed by atoms with Gasteiger partial charge in [-0.3, -0.25) is 0 Å². The summed E-state index contributed by atoms with van der Waals surface area (Å²) in [7, 11) is -1.73. The summed E-state index contributed by atoms with van der Waals surface area (Å²) in [5.74, 6) is 1.46. The molecular formula is C20H32N6OSi. The van der Waals surface area contributed by atoms with E-state index in [2.05, 4.69) is 70.9 Å². The van der Waals surface area contributed by atoms with Crippen molar-refractivity contribution in [2.75, 3.05) is 17.7 Å². The molecule has 0 aliphatic heterocycles. The lowest BCUT2D eigenvalue weighted by molar-refractivity contribution is 0.244. The highest BCUT2D eigenvalue weighted by Crippen LogP contribution is 2.38. The molecule has 2 heterocycles. The lowest BCUT2D eigenvalue weighted by Crippen LogP contribution is -2.41. The van der Waals surface area contributed by atoms with Crippen molar-refractivity contribution < 1.29 is 4.43 Å². The van der Waals surface area contributed by atoms with Crippen molar-refractivity contribution in [1.82, 2.24) is 19.5 Å². The molecule has 1 fully saturated rings. The molecule has 0 radical (unpaired) electrons. The van der Waals surface area contributed by atoms with E-state index < -0.39 is 8.32 Å². The third kappa shape index (κ3) is 3.80. The van der Waals surface area contributed by atoms with Crippen LogP contribution >= 0.6 is 0 Å². The predicted octanol–water partition coefficient (Wildman–Crippen LogP) is 4.12. The van der Waals surface area contributed by atoms with Crippen LogP contribution in [0.15, 0.2) is 18.5 Å². The molecule has 3 N–H and O–H groups in total. The van der Waals surface area contributed by atoms with Crippen LogP contribution in [-0.2, 0) is 4.43 Å². The fourth-order valence-corrected chi connectivity index (χ4v) is 4.38. The number of allylic oxidation sites excluding steroid dienone is 1. The minimum absolute atomic E-state index is 0.223. The molecule has 28 heavy (non-hydrogen) atoms. The Labute approximate surface area is 167 Å². The molecule has 1 saturated carbocycles. The third-order valence-electron chi connectivity index (χ3n) is 6.33. The number of hydrogen-bond acceptors (Lipinski definition) is 6. The summed E-state index contributed by atoms with van der Waals surface area (Å²) in [4.78, 5) is 13.4. The van der Waals surface area contributed by atoms with Gasteiger partial charge in [0.15, 0.2) is 25.3 Å². The Kier molecular flexibility index (Phi) is 4.74. The van der Waals surface area contributed by atoms with Crippen molar-refractivity contribution in [1.29, 1.82) is 0 Å². The van der Waals surface area contributed by atoms with Crippen LogP contribution in [0.3, 0.4) is 0 Å². The zero-order valence-electron chi connectivity index (χ0n) is 17.6. The quantitative estimate of drug-likeness (QED) is 0.560. The van der Waals surface area contributed by atoms with E-state index >= 15 is 0 Å². The van der Waals surface area contributed by atoms with Gasteiger partial charge in [-0.15, -0.1) is 0 Å². The van der Waals surface area contributed by atoms with E-state index in [-0.39, 0.29) is 17.0 Å². The van der Waals surface area contributed by atoms with E-state index in [0.29, 0.717) is 12.0 Å². The number of imidazole rings is 1. The maximum Gasteiger partial charge on any atom is 0.224 e. The number of anilines is 2. The summed E-state index contributed by atoms with van der Waals surface area (Å²) in [5, 5.41) is 3.65. The van der Waals surface area contributed by atoms with Crippen molar-refractivity contribution in [3.05, 3.63) is 18.5 Å². The minimum atomic E-state index is -1.73. The van der Waals surface area contributed by atoms with Crippen molar-refractivity contribution in [3.63, 3.8) is 0 Å². The Morgan fingerprint density at radius 2 is 2.00 bits per heavy atom. The van der Waals surface area contributed by atoms with Crippen molar-refractivity contribution in [3.8, 4) is 0 Å². The topological polar surface area (TPSA) is 90.9 Å². The Balaban J connectivity index is 1.48. The van der Waals surface area contributed by atoms with Crippen molar-refractivity contribution in [2.24, 2.45) is 5.92 Å². The number of nitrogens with two attached hydrogens (primary N) is 1. The van der Waals surface area contributed by atoms with E-state index in [1.54, 1.807) is 0 Å². The van der Waals surface area contributed by atoms with E-state index in [1.807, 2.05) is 6.33 Å². The predicted molar refractivity (Wildman–Crippen MR) is 116 cm³/mol. The summed E-state index contributed by atoms with van der Waals surface area (Å²) in [5.41, 5.74) is 7.58. The Hall–Kier alpha value is -1.93. The van der Waals surface area contributed by atoms with Gasteiger partial charge in [0, 0.05) is 18.6 Å². The molecule has 2 aromatic heterocycles. The number of nitrogen functional groups attached to an aromatic ring is 1. The minimum Gasteiger partial charge on any atom is -0.416 e. The highest BCUT2D eigenvalue weighted by Gasteiger charge is 2.38.